The third-order valence-electron chi connectivity index (χ3n) is 4.60. The molecule has 0 bridgehead atoms. The van der Waals surface area contributed by atoms with Crippen molar-refractivity contribution in [3.8, 4) is 0 Å². The predicted molar refractivity (Wildman–Crippen MR) is 118 cm³/mol. The van der Waals surface area contributed by atoms with Gasteiger partial charge >= 0.3 is 0 Å². The first-order valence-corrected chi connectivity index (χ1v) is 11.9. The molecule has 1 atom stereocenters. The van der Waals surface area contributed by atoms with Crippen LogP contribution in [0, 0.1) is 5.82 Å². The molecular weight excluding hydrogens is 435 g/mol. The van der Waals surface area contributed by atoms with Crippen LogP contribution in [0.3, 0.4) is 0 Å². The second kappa shape index (κ2) is 10.0. The van der Waals surface area contributed by atoms with Crippen molar-refractivity contribution in [2.75, 3.05) is 11.6 Å². The summed E-state index contributed by atoms with van der Waals surface area (Å²) in [5.41, 5.74) is 2.00. The summed E-state index contributed by atoms with van der Waals surface area (Å²) in [5, 5.41) is 6.72. The molecule has 32 heavy (non-hydrogen) atoms. The third kappa shape index (κ3) is 6.96. The summed E-state index contributed by atoms with van der Waals surface area (Å²) in [5.74, 6) is 0.493. The van der Waals surface area contributed by atoms with Crippen LogP contribution < -0.4 is 10.0 Å². The average Bonchev–Trinajstić information content (AvgIpc) is 3.17. The molecule has 0 aliphatic rings. The lowest BCUT2D eigenvalue weighted by Crippen LogP contribution is -2.30. The molecule has 1 amide bonds. The molecule has 8 nitrogen and oxygen atoms in total. The molecule has 1 aromatic heterocycles. The molecule has 170 valence electrons. The summed E-state index contributed by atoms with van der Waals surface area (Å²) >= 11 is 0. The summed E-state index contributed by atoms with van der Waals surface area (Å²) < 4.78 is 44.3. The van der Waals surface area contributed by atoms with Crippen molar-refractivity contribution in [1.29, 1.82) is 0 Å². The second-order valence-corrected chi connectivity index (χ2v) is 9.60. The molecule has 0 aliphatic heterocycles. The number of carbonyl (C=O) groups is 1. The van der Waals surface area contributed by atoms with Crippen LogP contribution in [0.2, 0.25) is 0 Å². The maximum absolute atomic E-state index is 13.2. The first-order valence-electron chi connectivity index (χ1n) is 10.0. The molecule has 3 aromatic rings. The highest BCUT2D eigenvalue weighted by molar-refractivity contribution is 7.88. The highest BCUT2D eigenvalue weighted by Gasteiger charge is 2.20. The molecule has 0 fully saturated rings. The maximum atomic E-state index is 13.2. The number of carbonyl (C=O) groups excluding carboxylic acids is 1. The van der Waals surface area contributed by atoms with Crippen LogP contribution in [0.4, 0.5) is 10.1 Å². The Morgan fingerprint density at radius 1 is 1.09 bits per heavy atom. The minimum atomic E-state index is -3.58. The average molecular weight is 461 g/mol. The fraction of sp³-hybridized carbons (Fsp3) is 0.318. The Bertz CT molecular complexity index is 1160. The van der Waals surface area contributed by atoms with E-state index >= 15 is 0 Å². The van der Waals surface area contributed by atoms with E-state index in [9.17, 15) is 17.6 Å². The van der Waals surface area contributed by atoms with Crippen molar-refractivity contribution >= 4 is 21.6 Å². The van der Waals surface area contributed by atoms with E-state index in [1.165, 1.54) is 24.3 Å². The number of halogens is 1. The maximum Gasteiger partial charge on any atom is 0.229 e. The van der Waals surface area contributed by atoms with Crippen LogP contribution in [-0.4, -0.2) is 30.7 Å². The predicted octanol–water partition coefficient (Wildman–Crippen LogP) is 3.54. The highest BCUT2D eigenvalue weighted by atomic mass is 32.2. The van der Waals surface area contributed by atoms with E-state index in [4.69, 9.17) is 4.52 Å². The molecule has 2 N–H and O–H groups in total. The fourth-order valence-corrected chi connectivity index (χ4v) is 3.78. The Balaban J connectivity index is 1.63. The topological polar surface area (TPSA) is 114 Å². The summed E-state index contributed by atoms with van der Waals surface area (Å²) in [7, 11) is -3.58. The number of sulfonamides is 1. The van der Waals surface area contributed by atoms with Gasteiger partial charge in [0, 0.05) is 24.4 Å². The van der Waals surface area contributed by atoms with Gasteiger partial charge in [-0.15, -0.1) is 0 Å². The van der Waals surface area contributed by atoms with Crippen LogP contribution in [-0.2, 0) is 21.2 Å². The first kappa shape index (κ1) is 23.6. The first-order chi connectivity index (χ1) is 15.1. The number of nitrogens with one attached hydrogen (secondary N) is 2. The van der Waals surface area contributed by atoms with Crippen molar-refractivity contribution in [3.63, 3.8) is 0 Å². The quantitative estimate of drug-likeness (QED) is 0.505. The molecule has 3 rings (SSSR count). The molecule has 10 heteroatoms. The van der Waals surface area contributed by atoms with Gasteiger partial charge < -0.3 is 9.84 Å². The molecule has 0 radical (unpaired) electrons. The number of anilines is 1. The van der Waals surface area contributed by atoms with Gasteiger partial charge in [0.15, 0.2) is 5.82 Å². The summed E-state index contributed by atoms with van der Waals surface area (Å²) in [6, 6.07) is 11.7. The van der Waals surface area contributed by atoms with Gasteiger partial charge in [0.25, 0.3) is 0 Å². The number of nitrogens with zero attached hydrogens (tertiary/aromatic N) is 2. The summed E-state index contributed by atoms with van der Waals surface area (Å²) in [6.07, 6.45) is 1.35. The van der Waals surface area contributed by atoms with Crippen molar-refractivity contribution in [3.05, 3.63) is 77.2 Å². The van der Waals surface area contributed by atoms with Gasteiger partial charge in [-0.05, 0) is 35.4 Å². The van der Waals surface area contributed by atoms with Gasteiger partial charge in [-0.2, -0.15) is 4.98 Å². The Labute approximate surface area is 186 Å². The van der Waals surface area contributed by atoms with Crippen LogP contribution in [0.1, 0.15) is 55.1 Å². The Kier molecular flexibility index (Phi) is 7.37. The smallest absolute Gasteiger partial charge is 0.229 e. The Morgan fingerprint density at radius 3 is 2.31 bits per heavy atom. The van der Waals surface area contributed by atoms with E-state index in [2.05, 4.69) is 20.2 Å². The largest absolute Gasteiger partial charge is 0.339 e. The van der Waals surface area contributed by atoms with E-state index in [0.29, 0.717) is 29.4 Å². The zero-order valence-electron chi connectivity index (χ0n) is 18.0. The lowest BCUT2D eigenvalue weighted by atomic mass is 10.0. The van der Waals surface area contributed by atoms with E-state index < -0.39 is 21.9 Å². The number of hydrogen-bond acceptors (Lipinski definition) is 6. The number of amides is 1. The standard InChI is InChI=1S/C22H25FN4O4S/c1-14(2)22-25-20(26-31-22)12-15-4-10-18(11-5-15)24-21(28)13-19(27-32(3,29)30)16-6-8-17(23)9-7-16/h4-11,14,19,27H,12-13H2,1-3H3,(H,24,28). The van der Waals surface area contributed by atoms with Gasteiger partial charge in [-0.3, -0.25) is 4.79 Å². The SMILES string of the molecule is CC(C)c1nc(Cc2ccc(NC(=O)CC(NS(C)(=O)=O)c3ccc(F)cc3)cc2)no1. The minimum absolute atomic E-state index is 0.151. The van der Waals surface area contributed by atoms with Crippen molar-refractivity contribution in [2.24, 2.45) is 0 Å². The van der Waals surface area contributed by atoms with E-state index in [1.807, 2.05) is 26.0 Å². The molecule has 1 heterocycles. The molecule has 0 saturated heterocycles. The van der Waals surface area contributed by atoms with Gasteiger partial charge in [0.1, 0.15) is 5.82 Å². The molecule has 2 aromatic carbocycles. The number of rotatable bonds is 9. The van der Waals surface area contributed by atoms with Gasteiger partial charge in [-0.1, -0.05) is 43.3 Å². The number of benzene rings is 2. The van der Waals surface area contributed by atoms with E-state index in [0.717, 1.165) is 11.8 Å². The molecule has 0 spiro atoms. The normalized spacial score (nSPS) is 12.7. The minimum Gasteiger partial charge on any atom is -0.339 e. The van der Waals surface area contributed by atoms with Crippen molar-refractivity contribution < 1.29 is 22.1 Å². The van der Waals surface area contributed by atoms with Crippen LogP contribution in [0.5, 0.6) is 0 Å². The van der Waals surface area contributed by atoms with Gasteiger partial charge in [-0.25, -0.2) is 17.5 Å². The summed E-state index contributed by atoms with van der Waals surface area (Å²) in [6.45, 7) is 3.95. The molecule has 0 aliphatic carbocycles. The molecule has 0 saturated carbocycles. The second-order valence-electron chi connectivity index (χ2n) is 7.82. The monoisotopic (exact) mass is 460 g/mol. The van der Waals surface area contributed by atoms with Gasteiger partial charge in [0.2, 0.25) is 21.8 Å². The van der Waals surface area contributed by atoms with Crippen molar-refractivity contribution in [2.45, 2.75) is 38.6 Å². The molecular formula is C22H25FN4O4S. The van der Waals surface area contributed by atoms with Crippen LogP contribution in [0.25, 0.3) is 0 Å². The Hall–Kier alpha value is -3.11. The van der Waals surface area contributed by atoms with E-state index in [-0.39, 0.29) is 18.2 Å². The summed E-state index contributed by atoms with van der Waals surface area (Å²) in [4.78, 5) is 16.9. The fourth-order valence-electron chi connectivity index (χ4n) is 3.04. The Morgan fingerprint density at radius 2 is 1.75 bits per heavy atom. The van der Waals surface area contributed by atoms with E-state index in [1.54, 1.807) is 12.1 Å². The van der Waals surface area contributed by atoms with Crippen LogP contribution in [0.15, 0.2) is 53.1 Å². The lowest BCUT2D eigenvalue weighted by molar-refractivity contribution is -0.116. The number of aromatic nitrogens is 2. The lowest BCUT2D eigenvalue weighted by Gasteiger charge is -2.18. The van der Waals surface area contributed by atoms with Gasteiger partial charge in [0.05, 0.1) is 12.3 Å². The number of hydrogen-bond donors (Lipinski definition) is 2. The zero-order valence-corrected chi connectivity index (χ0v) is 18.8. The van der Waals surface area contributed by atoms with Crippen LogP contribution >= 0.6 is 0 Å². The third-order valence-corrected chi connectivity index (χ3v) is 5.31. The zero-order chi connectivity index (χ0) is 23.3. The highest BCUT2D eigenvalue weighted by Crippen LogP contribution is 2.20. The van der Waals surface area contributed by atoms with Crippen molar-refractivity contribution in [1.82, 2.24) is 14.9 Å². The molecule has 1 unspecified atom stereocenters.